The minimum atomic E-state index is -0.166. The van der Waals surface area contributed by atoms with Gasteiger partial charge in [0.15, 0.2) is 0 Å². The molecule has 6 nitrogen and oxygen atoms in total. The zero-order valence-corrected chi connectivity index (χ0v) is 14.6. The summed E-state index contributed by atoms with van der Waals surface area (Å²) in [6.45, 7) is 3.06. The van der Waals surface area contributed by atoms with Crippen LogP contribution in [0.2, 0.25) is 0 Å². The van der Waals surface area contributed by atoms with E-state index >= 15 is 0 Å². The predicted octanol–water partition coefficient (Wildman–Crippen LogP) is 1.75. The van der Waals surface area contributed by atoms with E-state index in [-0.39, 0.29) is 11.8 Å². The molecule has 0 unspecified atom stereocenters. The fraction of sp³-hybridized carbons (Fsp3) is 0.316. The van der Waals surface area contributed by atoms with Crippen molar-refractivity contribution in [3.05, 3.63) is 59.9 Å². The van der Waals surface area contributed by atoms with Crippen molar-refractivity contribution in [2.75, 3.05) is 45.2 Å². The van der Waals surface area contributed by atoms with Crippen LogP contribution in [0.4, 0.5) is 5.69 Å². The number of carbonyl (C=O) groups excluding carboxylic acids is 2. The Morgan fingerprint density at radius 3 is 2.40 bits per heavy atom. The topological polar surface area (TPSA) is 56.8 Å². The molecular weight excluding hydrogens is 316 g/mol. The molecule has 1 aliphatic rings. The van der Waals surface area contributed by atoms with Crippen molar-refractivity contribution < 1.29 is 9.59 Å². The van der Waals surface area contributed by atoms with Gasteiger partial charge in [-0.3, -0.25) is 14.6 Å². The lowest BCUT2D eigenvalue weighted by atomic mass is 10.1. The van der Waals surface area contributed by atoms with Gasteiger partial charge in [0, 0.05) is 50.7 Å². The Labute approximate surface area is 147 Å². The molecule has 0 saturated carbocycles. The van der Waals surface area contributed by atoms with Gasteiger partial charge in [0.2, 0.25) is 0 Å². The molecule has 1 saturated heterocycles. The fourth-order valence-electron chi connectivity index (χ4n) is 2.81. The summed E-state index contributed by atoms with van der Waals surface area (Å²) in [7, 11) is 3.76. The lowest BCUT2D eigenvalue weighted by Crippen LogP contribution is -2.47. The van der Waals surface area contributed by atoms with Crippen molar-refractivity contribution in [1.29, 1.82) is 0 Å². The third-order valence-electron chi connectivity index (χ3n) is 4.46. The zero-order valence-electron chi connectivity index (χ0n) is 14.6. The maximum atomic E-state index is 12.7. The van der Waals surface area contributed by atoms with Crippen molar-refractivity contribution in [2.45, 2.75) is 0 Å². The SMILES string of the molecule is CN1CCN(C(=O)c2cc(C(=O)N(C)c3ccccc3)ccn2)CC1. The number of amides is 2. The Morgan fingerprint density at radius 1 is 1.04 bits per heavy atom. The summed E-state index contributed by atoms with van der Waals surface area (Å²) in [6.07, 6.45) is 1.52. The van der Waals surface area contributed by atoms with Crippen LogP contribution in [-0.4, -0.2) is 66.9 Å². The molecule has 0 aliphatic carbocycles. The summed E-state index contributed by atoms with van der Waals surface area (Å²) >= 11 is 0. The smallest absolute Gasteiger partial charge is 0.272 e. The van der Waals surface area contributed by atoms with E-state index in [0.29, 0.717) is 24.3 Å². The summed E-state index contributed by atoms with van der Waals surface area (Å²) in [5.74, 6) is -0.286. The van der Waals surface area contributed by atoms with E-state index in [2.05, 4.69) is 9.88 Å². The molecule has 1 fully saturated rings. The average molecular weight is 338 g/mol. The molecule has 130 valence electrons. The van der Waals surface area contributed by atoms with Crippen molar-refractivity contribution in [3.63, 3.8) is 0 Å². The Morgan fingerprint density at radius 2 is 1.72 bits per heavy atom. The number of pyridine rings is 1. The third-order valence-corrected chi connectivity index (χ3v) is 4.46. The number of rotatable bonds is 3. The van der Waals surface area contributed by atoms with Crippen LogP contribution in [0, 0.1) is 0 Å². The van der Waals surface area contributed by atoms with Crippen molar-refractivity contribution in [1.82, 2.24) is 14.8 Å². The highest BCUT2D eigenvalue weighted by Gasteiger charge is 2.22. The molecule has 25 heavy (non-hydrogen) atoms. The second kappa shape index (κ2) is 7.44. The van der Waals surface area contributed by atoms with Gasteiger partial charge in [-0.15, -0.1) is 0 Å². The number of likely N-dealkylation sites (N-methyl/N-ethyl adjacent to an activating group) is 1. The van der Waals surface area contributed by atoms with Gasteiger partial charge in [0.25, 0.3) is 11.8 Å². The Balaban J connectivity index is 1.77. The number of hydrogen-bond donors (Lipinski definition) is 0. The largest absolute Gasteiger partial charge is 0.335 e. The zero-order chi connectivity index (χ0) is 17.8. The summed E-state index contributed by atoms with van der Waals surface area (Å²) in [5, 5.41) is 0. The van der Waals surface area contributed by atoms with Gasteiger partial charge in [-0.2, -0.15) is 0 Å². The fourth-order valence-corrected chi connectivity index (χ4v) is 2.81. The highest BCUT2D eigenvalue weighted by Crippen LogP contribution is 2.16. The first-order valence-corrected chi connectivity index (χ1v) is 8.33. The highest BCUT2D eigenvalue weighted by atomic mass is 16.2. The lowest BCUT2D eigenvalue weighted by molar-refractivity contribution is 0.0658. The molecule has 3 rings (SSSR count). The van der Waals surface area contributed by atoms with E-state index in [1.54, 1.807) is 29.0 Å². The maximum absolute atomic E-state index is 12.7. The number of anilines is 1. The van der Waals surface area contributed by atoms with Crippen LogP contribution in [0.5, 0.6) is 0 Å². The molecule has 2 heterocycles. The van der Waals surface area contributed by atoms with Gasteiger partial charge in [0.1, 0.15) is 5.69 Å². The van der Waals surface area contributed by atoms with Gasteiger partial charge >= 0.3 is 0 Å². The maximum Gasteiger partial charge on any atom is 0.272 e. The number of aromatic nitrogens is 1. The predicted molar refractivity (Wildman–Crippen MR) is 96.8 cm³/mol. The molecule has 0 N–H and O–H groups in total. The van der Waals surface area contributed by atoms with E-state index in [0.717, 1.165) is 18.8 Å². The Bertz CT molecular complexity index is 755. The third kappa shape index (κ3) is 3.85. The number of piperazine rings is 1. The molecule has 0 radical (unpaired) electrons. The van der Waals surface area contributed by atoms with Gasteiger partial charge in [-0.05, 0) is 31.3 Å². The minimum Gasteiger partial charge on any atom is -0.335 e. The lowest BCUT2D eigenvalue weighted by Gasteiger charge is -2.32. The normalized spacial score (nSPS) is 15.0. The van der Waals surface area contributed by atoms with Crippen LogP contribution in [0.15, 0.2) is 48.7 Å². The first-order chi connectivity index (χ1) is 12.1. The van der Waals surface area contributed by atoms with E-state index in [1.807, 2.05) is 37.4 Å². The van der Waals surface area contributed by atoms with Crippen molar-refractivity contribution in [3.8, 4) is 0 Å². The van der Waals surface area contributed by atoms with Gasteiger partial charge in [0.05, 0.1) is 0 Å². The molecule has 0 bridgehead atoms. The van der Waals surface area contributed by atoms with Crippen LogP contribution in [0.25, 0.3) is 0 Å². The number of hydrogen-bond acceptors (Lipinski definition) is 4. The second-order valence-electron chi connectivity index (χ2n) is 6.22. The van der Waals surface area contributed by atoms with Gasteiger partial charge in [-0.1, -0.05) is 18.2 Å². The molecule has 6 heteroatoms. The number of carbonyl (C=O) groups is 2. The summed E-state index contributed by atoms with van der Waals surface area (Å²) in [5.41, 5.74) is 1.58. The Kier molecular flexibility index (Phi) is 5.09. The van der Waals surface area contributed by atoms with Gasteiger partial charge < -0.3 is 14.7 Å². The van der Waals surface area contributed by atoms with Crippen molar-refractivity contribution in [2.24, 2.45) is 0 Å². The van der Waals surface area contributed by atoms with Crippen LogP contribution >= 0.6 is 0 Å². The first kappa shape index (κ1) is 17.1. The van der Waals surface area contributed by atoms with E-state index in [9.17, 15) is 9.59 Å². The summed E-state index contributed by atoms with van der Waals surface area (Å²) < 4.78 is 0. The summed E-state index contributed by atoms with van der Waals surface area (Å²) in [4.78, 5) is 35.1. The molecule has 1 aromatic heterocycles. The van der Waals surface area contributed by atoms with Crippen molar-refractivity contribution >= 4 is 17.5 Å². The highest BCUT2D eigenvalue weighted by molar-refractivity contribution is 6.06. The minimum absolute atomic E-state index is 0.120. The molecule has 2 aromatic rings. The molecule has 1 aliphatic heterocycles. The van der Waals surface area contributed by atoms with E-state index < -0.39 is 0 Å². The Hall–Kier alpha value is -2.73. The second-order valence-corrected chi connectivity index (χ2v) is 6.22. The van der Waals surface area contributed by atoms with Crippen LogP contribution < -0.4 is 4.90 Å². The number of para-hydroxylation sites is 1. The van der Waals surface area contributed by atoms with Crippen LogP contribution in [-0.2, 0) is 0 Å². The van der Waals surface area contributed by atoms with Crippen LogP contribution in [0.1, 0.15) is 20.8 Å². The van der Waals surface area contributed by atoms with Gasteiger partial charge in [-0.25, -0.2) is 0 Å². The quantitative estimate of drug-likeness (QED) is 0.855. The van der Waals surface area contributed by atoms with Crippen LogP contribution in [0.3, 0.4) is 0 Å². The standard InChI is InChI=1S/C19H22N4O2/c1-21-10-12-23(13-11-21)19(25)17-14-15(8-9-20-17)18(24)22(2)16-6-4-3-5-7-16/h3-9,14H,10-13H2,1-2H3. The van der Waals surface area contributed by atoms with E-state index in [4.69, 9.17) is 0 Å². The first-order valence-electron chi connectivity index (χ1n) is 8.33. The molecule has 2 amide bonds. The number of benzene rings is 1. The molecular formula is C19H22N4O2. The number of nitrogens with zero attached hydrogens (tertiary/aromatic N) is 4. The molecule has 1 aromatic carbocycles. The molecule has 0 spiro atoms. The summed E-state index contributed by atoms with van der Waals surface area (Å²) in [6, 6.07) is 12.6. The molecule has 0 atom stereocenters. The monoisotopic (exact) mass is 338 g/mol. The average Bonchev–Trinajstić information content (AvgIpc) is 2.67. The van der Waals surface area contributed by atoms with E-state index in [1.165, 1.54) is 6.20 Å².